The van der Waals surface area contributed by atoms with Gasteiger partial charge in [-0.25, -0.2) is 4.79 Å². The van der Waals surface area contributed by atoms with Crippen molar-refractivity contribution < 1.29 is 4.79 Å². The molecule has 2 amide bonds. The summed E-state index contributed by atoms with van der Waals surface area (Å²) in [7, 11) is 0. The summed E-state index contributed by atoms with van der Waals surface area (Å²) in [6.45, 7) is 6.64. The lowest BCUT2D eigenvalue weighted by Gasteiger charge is -2.08. The van der Waals surface area contributed by atoms with E-state index in [1.807, 2.05) is 20.8 Å². The summed E-state index contributed by atoms with van der Waals surface area (Å²) in [5.41, 5.74) is 0. The smallest absolute Gasteiger partial charge is 0.314 e. The molecular weight excluding hydrogens is 128 g/mol. The van der Waals surface area contributed by atoms with Gasteiger partial charge >= 0.3 is 6.03 Å². The lowest BCUT2D eigenvalue weighted by Crippen LogP contribution is -2.39. The van der Waals surface area contributed by atoms with Crippen molar-refractivity contribution in [3.8, 4) is 0 Å². The minimum Gasteiger partial charge on any atom is -0.338 e. The highest BCUT2D eigenvalue weighted by molar-refractivity contribution is 5.73. The molecule has 2 N–H and O–H groups in total. The van der Waals surface area contributed by atoms with Crippen LogP contribution in [0.4, 0.5) is 4.79 Å². The standard InChI is InChI=1S/C7H16N2O/c1-4-5-8-7(10)9-6(2)3/h6H,4-5H2,1-3H3,(H2,8,9,10). The molecule has 60 valence electrons. The van der Waals surface area contributed by atoms with Crippen LogP contribution in [0.25, 0.3) is 0 Å². The highest BCUT2D eigenvalue weighted by Gasteiger charge is 1.98. The van der Waals surface area contributed by atoms with Gasteiger partial charge in [0.2, 0.25) is 0 Å². The fourth-order valence-electron chi connectivity index (χ4n) is 0.552. The van der Waals surface area contributed by atoms with E-state index in [0.29, 0.717) is 0 Å². The van der Waals surface area contributed by atoms with Gasteiger partial charge < -0.3 is 10.6 Å². The fourth-order valence-corrected chi connectivity index (χ4v) is 0.552. The second-order valence-electron chi connectivity index (χ2n) is 2.55. The third kappa shape index (κ3) is 5.41. The van der Waals surface area contributed by atoms with Crippen LogP contribution >= 0.6 is 0 Å². The molecule has 0 aliphatic carbocycles. The SMILES string of the molecule is CCCNC(=O)NC(C)C. The Balaban J connectivity index is 3.26. The first kappa shape index (κ1) is 9.27. The molecule has 0 spiro atoms. The average molecular weight is 144 g/mol. The summed E-state index contributed by atoms with van der Waals surface area (Å²) in [6.07, 6.45) is 0.978. The third-order valence-electron chi connectivity index (χ3n) is 0.955. The minimum atomic E-state index is -0.0724. The number of carbonyl (C=O) groups excluding carboxylic acids is 1. The monoisotopic (exact) mass is 144 g/mol. The van der Waals surface area contributed by atoms with Gasteiger partial charge in [0, 0.05) is 12.6 Å². The molecule has 0 radical (unpaired) electrons. The maximum absolute atomic E-state index is 10.8. The summed E-state index contributed by atoms with van der Waals surface area (Å²) in [4.78, 5) is 10.8. The van der Waals surface area contributed by atoms with Crippen molar-refractivity contribution >= 4 is 6.03 Å². The Morgan fingerprint density at radius 2 is 2.10 bits per heavy atom. The van der Waals surface area contributed by atoms with E-state index in [1.54, 1.807) is 0 Å². The Hall–Kier alpha value is -0.730. The van der Waals surface area contributed by atoms with E-state index in [0.717, 1.165) is 13.0 Å². The fraction of sp³-hybridized carbons (Fsp3) is 0.857. The number of carbonyl (C=O) groups is 1. The Morgan fingerprint density at radius 3 is 2.50 bits per heavy atom. The molecule has 0 aromatic rings. The molecule has 3 nitrogen and oxygen atoms in total. The molecule has 0 unspecified atom stereocenters. The largest absolute Gasteiger partial charge is 0.338 e. The molecule has 0 bridgehead atoms. The van der Waals surface area contributed by atoms with Crippen LogP contribution in [-0.2, 0) is 0 Å². The van der Waals surface area contributed by atoms with Gasteiger partial charge in [0.05, 0.1) is 0 Å². The second kappa shape index (κ2) is 5.09. The van der Waals surface area contributed by atoms with Crippen LogP contribution in [0.2, 0.25) is 0 Å². The van der Waals surface area contributed by atoms with Crippen LogP contribution in [0, 0.1) is 0 Å². The first-order valence-corrected chi connectivity index (χ1v) is 3.71. The predicted octanol–water partition coefficient (Wildman–Crippen LogP) is 1.10. The molecule has 0 saturated carbocycles. The molecule has 0 fully saturated rings. The van der Waals surface area contributed by atoms with Crippen LogP contribution in [-0.4, -0.2) is 18.6 Å². The van der Waals surface area contributed by atoms with E-state index in [2.05, 4.69) is 10.6 Å². The van der Waals surface area contributed by atoms with E-state index in [9.17, 15) is 4.79 Å². The molecule has 10 heavy (non-hydrogen) atoms. The maximum Gasteiger partial charge on any atom is 0.314 e. The lowest BCUT2D eigenvalue weighted by molar-refractivity contribution is 0.238. The van der Waals surface area contributed by atoms with Crippen molar-refractivity contribution in [1.82, 2.24) is 10.6 Å². The van der Waals surface area contributed by atoms with Gasteiger partial charge in [-0.15, -0.1) is 0 Å². The van der Waals surface area contributed by atoms with Crippen LogP contribution < -0.4 is 10.6 Å². The number of amides is 2. The van der Waals surface area contributed by atoms with Crippen LogP contribution in [0.1, 0.15) is 27.2 Å². The van der Waals surface area contributed by atoms with E-state index >= 15 is 0 Å². The van der Waals surface area contributed by atoms with Gasteiger partial charge in [0.25, 0.3) is 0 Å². The Morgan fingerprint density at radius 1 is 1.50 bits per heavy atom. The van der Waals surface area contributed by atoms with E-state index in [1.165, 1.54) is 0 Å². The van der Waals surface area contributed by atoms with E-state index in [-0.39, 0.29) is 12.1 Å². The van der Waals surface area contributed by atoms with Gasteiger partial charge in [-0.05, 0) is 20.3 Å². The predicted molar refractivity (Wildman–Crippen MR) is 42.0 cm³/mol. The highest BCUT2D eigenvalue weighted by atomic mass is 16.2. The van der Waals surface area contributed by atoms with Crippen molar-refractivity contribution in [2.75, 3.05) is 6.54 Å². The van der Waals surface area contributed by atoms with Crippen LogP contribution in [0.15, 0.2) is 0 Å². The summed E-state index contributed by atoms with van der Waals surface area (Å²) in [5.74, 6) is 0. The third-order valence-corrected chi connectivity index (χ3v) is 0.955. The van der Waals surface area contributed by atoms with Gasteiger partial charge in [0.15, 0.2) is 0 Å². The van der Waals surface area contributed by atoms with E-state index < -0.39 is 0 Å². The zero-order chi connectivity index (χ0) is 7.98. The first-order valence-electron chi connectivity index (χ1n) is 3.71. The Labute approximate surface area is 62.2 Å². The molecule has 3 heteroatoms. The Kier molecular flexibility index (Phi) is 4.72. The Bertz CT molecular complexity index is 102. The summed E-state index contributed by atoms with van der Waals surface area (Å²) in [6, 6.07) is 0.147. The second-order valence-corrected chi connectivity index (χ2v) is 2.55. The van der Waals surface area contributed by atoms with Crippen molar-refractivity contribution in [3.63, 3.8) is 0 Å². The lowest BCUT2D eigenvalue weighted by atomic mass is 10.4. The van der Waals surface area contributed by atoms with Gasteiger partial charge in [-0.2, -0.15) is 0 Å². The number of hydrogen-bond acceptors (Lipinski definition) is 1. The number of hydrogen-bond donors (Lipinski definition) is 2. The van der Waals surface area contributed by atoms with Gasteiger partial charge in [-0.3, -0.25) is 0 Å². The minimum absolute atomic E-state index is 0.0724. The van der Waals surface area contributed by atoms with Crippen LogP contribution in [0.3, 0.4) is 0 Å². The normalized spacial score (nSPS) is 9.60. The number of rotatable bonds is 3. The molecular formula is C7H16N2O. The van der Waals surface area contributed by atoms with Crippen LogP contribution in [0.5, 0.6) is 0 Å². The number of nitrogens with one attached hydrogen (secondary N) is 2. The maximum atomic E-state index is 10.8. The summed E-state index contributed by atoms with van der Waals surface area (Å²) in [5, 5.41) is 5.44. The quantitative estimate of drug-likeness (QED) is 0.612. The zero-order valence-electron chi connectivity index (χ0n) is 6.90. The highest BCUT2D eigenvalue weighted by Crippen LogP contribution is 1.76. The van der Waals surface area contributed by atoms with Gasteiger partial charge in [-0.1, -0.05) is 6.92 Å². The molecule has 0 aromatic heterocycles. The first-order chi connectivity index (χ1) is 4.66. The van der Waals surface area contributed by atoms with E-state index in [4.69, 9.17) is 0 Å². The van der Waals surface area contributed by atoms with Crippen molar-refractivity contribution in [3.05, 3.63) is 0 Å². The van der Waals surface area contributed by atoms with Crippen molar-refractivity contribution in [2.45, 2.75) is 33.2 Å². The zero-order valence-corrected chi connectivity index (χ0v) is 6.90. The molecule has 0 aliphatic rings. The molecule has 0 atom stereocenters. The van der Waals surface area contributed by atoms with Crippen molar-refractivity contribution in [1.29, 1.82) is 0 Å². The molecule has 0 aliphatic heterocycles. The molecule has 0 rings (SSSR count). The van der Waals surface area contributed by atoms with Gasteiger partial charge in [0.1, 0.15) is 0 Å². The molecule has 0 heterocycles. The molecule has 0 aromatic carbocycles. The summed E-state index contributed by atoms with van der Waals surface area (Å²) >= 11 is 0. The topological polar surface area (TPSA) is 41.1 Å². The molecule has 0 saturated heterocycles. The summed E-state index contributed by atoms with van der Waals surface area (Å²) < 4.78 is 0. The average Bonchev–Trinajstić information content (AvgIpc) is 1.82. The number of urea groups is 1. The van der Waals surface area contributed by atoms with Crippen molar-refractivity contribution in [2.24, 2.45) is 0 Å².